The minimum atomic E-state index is -3.58. The lowest BCUT2D eigenvalue weighted by Gasteiger charge is -2.26. The molecule has 2 aromatic rings. The molecule has 31 heavy (non-hydrogen) atoms. The van der Waals surface area contributed by atoms with Crippen molar-refractivity contribution in [3.8, 4) is 5.75 Å². The Bertz CT molecular complexity index is 1010. The van der Waals surface area contributed by atoms with Gasteiger partial charge in [0.05, 0.1) is 17.1 Å². The van der Waals surface area contributed by atoms with Gasteiger partial charge in [0.2, 0.25) is 10.0 Å². The number of anilines is 1. The molecule has 1 aliphatic rings. The summed E-state index contributed by atoms with van der Waals surface area (Å²) in [5.41, 5.74) is 0.773. The number of ether oxygens (including phenoxy) is 2. The molecule has 0 saturated carbocycles. The van der Waals surface area contributed by atoms with Gasteiger partial charge in [-0.2, -0.15) is 4.31 Å². The summed E-state index contributed by atoms with van der Waals surface area (Å²) >= 11 is 0. The van der Waals surface area contributed by atoms with Crippen molar-refractivity contribution >= 4 is 27.6 Å². The number of nitrogens with zero attached hydrogens (tertiary/aromatic N) is 1. The summed E-state index contributed by atoms with van der Waals surface area (Å²) in [6.07, 6.45) is 2.75. The fourth-order valence-corrected chi connectivity index (χ4v) is 4.80. The topological polar surface area (TPSA) is 102 Å². The molecule has 0 aliphatic carbocycles. The van der Waals surface area contributed by atoms with E-state index >= 15 is 0 Å². The lowest BCUT2D eigenvalue weighted by Crippen LogP contribution is -2.35. The number of carbonyl (C=O) groups is 2. The number of hydrogen-bond donors (Lipinski definition) is 1. The number of amides is 1. The predicted molar refractivity (Wildman–Crippen MR) is 116 cm³/mol. The van der Waals surface area contributed by atoms with Crippen molar-refractivity contribution in [3.63, 3.8) is 0 Å². The molecule has 0 unspecified atom stereocenters. The molecule has 1 heterocycles. The van der Waals surface area contributed by atoms with Crippen LogP contribution in [-0.2, 0) is 19.6 Å². The quantitative estimate of drug-likeness (QED) is 0.626. The average Bonchev–Trinajstić information content (AvgIpc) is 2.79. The highest BCUT2D eigenvalue weighted by Crippen LogP contribution is 2.23. The lowest BCUT2D eigenvalue weighted by atomic mass is 10.2. The van der Waals surface area contributed by atoms with Crippen LogP contribution >= 0.6 is 0 Å². The van der Waals surface area contributed by atoms with E-state index < -0.39 is 21.9 Å². The zero-order valence-electron chi connectivity index (χ0n) is 17.4. The van der Waals surface area contributed by atoms with Crippen LogP contribution in [0.3, 0.4) is 0 Å². The van der Waals surface area contributed by atoms with Crippen LogP contribution in [0.4, 0.5) is 5.69 Å². The Balaban J connectivity index is 1.57. The minimum Gasteiger partial charge on any atom is -0.484 e. The van der Waals surface area contributed by atoms with E-state index in [1.54, 1.807) is 43.3 Å². The monoisotopic (exact) mass is 446 g/mol. The first-order valence-electron chi connectivity index (χ1n) is 10.2. The van der Waals surface area contributed by atoms with Crippen LogP contribution < -0.4 is 10.1 Å². The predicted octanol–water partition coefficient (Wildman–Crippen LogP) is 3.06. The van der Waals surface area contributed by atoms with Gasteiger partial charge in [-0.3, -0.25) is 4.79 Å². The number of sulfonamides is 1. The molecular weight excluding hydrogens is 420 g/mol. The maximum Gasteiger partial charge on any atom is 0.338 e. The third kappa shape index (κ3) is 6.05. The van der Waals surface area contributed by atoms with Gasteiger partial charge in [-0.05, 0) is 62.2 Å². The highest BCUT2D eigenvalue weighted by molar-refractivity contribution is 7.89. The second-order valence-electron chi connectivity index (χ2n) is 7.07. The van der Waals surface area contributed by atoms with Crippen molar-refractivity contribution in [2.45, 2.75) is 31.1 Å². The van der Waals surface area contributed by atoms with E-state index in [9.17, 15) is 18.0 Å². The molecule has 0 spiro atoms. The third-order valence-corrected chi connectivity index (χ3v) is 6.70. The first kappa shape index (κ1) is 22.8. The SMILES string of the molecule is CCOC(=O)c1ccc(OCC(=O)Nc2cccc(S(=O)(=O)N3CCCCC3)c2)cc1. The molecule has 1 fully saturated rings. The average molecular weight is 447 g/mol. The van der Waals surface area contributed by atoms with E-state index in [0.717, 1.165) is 19.3 Å². The van der Waals surface area contributed by atoms with Crippen LogP contribution in [0.2, 0.25) is 0 Å². The normalized spacial score (nSPS) is 14.6. The summed E-state index contributed by atoms with van der Waals surface area (Å²) in [5, 5.41) is 2.65. The van der Waals surface area contributed by atoms with E-state index in [4.69, 9.17) is 9.47 Å². The number of piperidine rings is 1. The Labute approximate surface area is 182 Å². The molecule has 2 aromatic carbocycles. The van der Waals surface area contributed by atoms with Gasteiger partial charge >= 0.3 is 5.97 Å². The van der Waals surface area contributed by atoms with E-state index in [2.05, 4.69) is 5.32 Å². The molecule has 1 saturated heterocycles. The van der Waals surface area contributed by atoms with Gasteiger partial charge in [-0.1, -0.05) is 12.5 Å². The van der Waals surface area contributed by atoms with Crippen molar-refractivity contribution in [1.29, 1.82) is 0 Å². The van der Waals surface area contributed by atoms with Crippen LogP contribution in [0.1, 0.15) is 36.5 Å². The molecule has 0 radical (unpaired) electrons. The van der Waals surface area contributed by atoms with Crippen molar-refractivity contribution in [3.05, 3.63) is 54.1 Å². The third-order valence-electron chi connectivity index (χ3n) is 4.81. The number of esters is 1. The molecular formula is C22H26N2O6S. The van der Waals surface area contributed by atoms with Crippen molar-refractivity contribution in [1.82, 2.24) is 4.31 Å². The Morgan fingerprint density at radius 2 is 1.74 bits per heavy atom. The largest absolute Gasteiger partial charge is 0.484 e. The van der Waals surface area contributed by atoms with Gasteiger partial charge in [0.25, 0.3) is 5.91 Å². The summed E-state index contributed by atoms with van der Waals surface area (Å²) in [6.45, 7) is 2.79. The first-order valence-corrected chi connectivity index (χ1v) is 11.6. The summed E-state index contributed by atoms with van der Waals surface area (Å²) in [7, 11) is -3.58. The summed E-state index contributed by atoms with van der Waals surface area (Å²) < 4.78 is 37.5. The lowest BCUT2D eigenvalue weighted by molar-refractivity contribution is -0.118. The Hall–Kier alpha value is -2.91. The molecule has 1 N–H and O–H groups in total. The van der Waals surface area contributed by atoms with Crippen LogP contribution in [0.15, 0.2) is 53.4 Å². The van der Waals surface area contributed by atoms with Crippen molar-refractivity contribution in [2.75, 3.05) is 31.6 Å². The Kier molecular flexibility index (Phi) is 7.64. The fourth-order valence-electron chi connectivity index (χ4n) is 3.24. The minimum absolute atomic E-state index is 0.155. The van der Waals surface area contributed by atoms with E-state index in [-0.39, 0.29) is 18.1 Å². The molecule has 3 rings (SSSR count). The summed E-state index contributed by atoms with van der Waals surface area (Å²) in [5.74, 6) is -0.433. The molecule has 0 aromatic heterocycles. The zero-order valence-corrected chi connectivity index (χ0v) is 18.2. The zero-order chi connectivity index (χ0) is 22.3. The summed E-state index contributed by atoms with van der Waals surface area (Å²) in [4.78, 5) is 24.0. The van der Waals surface area contributed by atoms with Crippen LogP contribution in [0, 0.1) is 0 Å². The van der Waals surface area contributed by atoms with Gasteiger partial charge < -0.3 is 14.8 Å². The summed E-state index contributed by atoms with van der Waals surface area (Å²) in [6, 6.07) is 12.5. The van der Waals surface area contributed by atoms with Crippen LogP contribution in [0.5, 0.6) is 5.75 Å². The van der Waals surface area contributed by atoms with Gasteiger partial charge in [0.1, 0.15) is 5.75 Å². The fraction of sp³-hybridized carbons (Fsp3) is 0.364. The number of benzene rings is 2. The Morgan fingerprint density at radius 3 is 2.42 bits per heavy atom. The standard InChI is InChI=1S/C22H26N2O6S/c1-2-29-22(26)17-9-11-19(12-10-17)30-16-21(25)23-18-7-6-8-20(15-18)31(27,28)24-13-4-3-5-14-24/h6-12,15H,2-5,13-14,16H2,1H3,(H,23,25). The Morgan fingerprint density at radius 1 is 1.03 bits per heavy atom. The highest BCUT2D eigenvalue weighted by atomic mass is 32.2. The van der Waals surface area contributed by atoms with Gasteiger partial charge in [0.15, 0.2) is 6.61 Å². The van der Waals surface area contributed by atoms with E-state index in [1.807, 2.05) is 0 Å². The highest BCUT2D eigenvalue weighted by Gasteiger charge is 2.26. The smallest absolute Gasteiger partial charge is 0.338 e. The van der Waals surface area contributed by atoms with Crippen molar-refractivity contribution < 1.29 is 27.5 Å². The van der Waals surface area contributed by atoms with Gasteiger partial charge in [0, 0.05) is 18.8 Å². The molecule has 166 valence electrons. The molecule has 9 heteroatoms. The maximum atomic E-state index is 12.8. The first-order chi connectivity index (χ1) is 14.9. The van der Waals surface area contributed by atoms with Gasteiger partial charge in [-0.15, -0.1) is 0 Å². The molecule has 1 aliphatic heterocycles. The maximum absolute atomic E-state index is 12.8. The van der Waals surface area contributed by atoms with E-state index in [0.29, 0.717) is 30.1 Å². The molecule has 8 nitrogen and oxygen atoms in total. The second-order valence-corrected chi connectivity index (χ2v) is 9.01. The molecule has 0 atom stereocenters. The van der Waals surface area contributed by atoms with Gasteiger partial charge in [-0.25, -0.2) is 13.2 Å². The van der Waals surface area contributed by atoms with Crippen LogP contribution in [-0.4, -0.2) is 50.9 Å². The number of carbonyl (C=O) groups excluding carboxylic acids is 2. The van der Waals surface area contributed by atoms with Crippen LogP contribution in [0.25, 0.3) is 0 Å². The second kappa shape index (κ2) is 10.4. The number of hydrogen-bond acceptors (Lipinski definition) is 6. The number of nitrogens with one attached hydrogen (secondary N) is 1. The number of rotatable bonds is 8. The molecule has 1 amide bonds. The van der Waals surface area contributed by atoms with Crippen molar-refractivity contribution in [2.24, 2.45) is 0 Å². The molecule has 0 bridgehead atoms. The van der Waals surface area contributed by atoms with E-state index in [1.165, 1.54) is 16.4 Å².